The number of aldehydes is 1. The van der Waals surface area contributed by atoms with Crippen molar-refractivity contribution in [3.8, 4) is 0 Å². The molecule has 1 saturated carbocycles. The van der Waals surface area contributed by atoms with Crippen LogP contribution in [0.15, 0.2) is 0 Å². The second kappa shape index (κ2) is 3.81. The summed E-state index contributed by atoms with van der Waals surface area (Å²) >= 11 is 0. The van der Waals surface area contributed by atoms with E-state index in [1.807, 2.05) is 0 Å². The van der Waals surface area contributed by atoms with Crippen molar-refractivity contribution in [2.24, 2.45) is 5.41 Å². The van der Waals surface area contributed by atoms with Gasteiger partial charge in [-0.3, -0.25) is 9.59 Å². The van der Waals surface area contributed by atoms with E-state index in [9.17, 15) is 14.4 Å². The molecule has 0 saturated heterocycles. The predicted molar refractivity (Wildman–Crippen MR) is 47.3 cm³/mol. The first-order valence-corrected chi connectivity index (χ1v) is 4.61. The first kappa shape index (κ1) is 10.1. The highest BCUT2D eigenvalue weighted by atomic mass is 16.2. The average Bonchev–Trinajstić information content (AvgIpc) is 2.11. The quantitative estimate of drug-likeness (QED) is 0.488. The minimum Gasteiger partial charge on any atom is -0.303 e. The standard InChI is InChI=1S/C10H14O3/c1-10(6-3-7-11)8(12)4-2-5-9(10)13/h7H,2-6H2,1H3. The molecule has 0 aromatic heterocycles. The maximum Gasteiger partial charge on any atom is 0.146 e. The molecule has 0 aromatic rings. The zero-order valence-electron chi connectivity index (χ0n) is 7.84. The van der Waals surface area contributed by atoms with Gasteiger partial charge >= 0.3 is 0 Å². The van der Waals surface area contributed by atoms with Crippen molar-refractivity contribution in [2.45, 2.75) is 39.0 Å². The van der Waals surface area contributed by atoms with Gasteiger partial charge in [-0.2, -0.15) is 0 Å². The maximum absolute atomic E-state index is 11.5. The van der Waals surface area contributed by atoms with Crippen LogP contribution in [0.1, 0.15) is 39.0 Å². The fourth-order valence-corrected chi connectivity index (χ4v) is 1.74. The summed E-state index contributed by atoms with van der Waals surface area (Å²) in [5.74, 6) is 0.0104. The van der Waals surface area contributed by atoms with E-state index >= 15 is 0 Å². The highest BCUT2D eigenvalue weighted by Gasteiger charge is 2.41. The summed E-state index contributed by atoms with van der Waals surface area (Å²) in [7, 11) is 0. The lowest BCUT2D eigenvalue weighted by molar-refractivity contribution is -0.143. The van der Waals surface area contributed by atoms with Crippen molar-refractivity contribution < 1.29 is 14.4 Å². The fourth-order valence-electron chi connectivity index (χ4n) is 1.74. The zero-order chi connectivity index (χ0) is 9.90. The van der Waals surface area contributed by atoms with Crippen LogP contribution in [0.3, 0.4) is 0 Å². The molecule has 0 bridgehead atoms. The van der Waals surface area contributed by atoms with Crippen LogP contribution in [0.2, 0.25) is 0 Å². The van der Waals surface area contributed by atoms with E-state index < -0.39 is 5.41 Å². The van der Waals surface area contributed by atoms with Gasteiger partial charge in [-0.25, -0.2) is 0 Å². The molecule has 13 heavy (non-hydrogen) atoms. The molecule has 0 spiro atoms. The van der Waals surface area contributed by atoms with Gasteiger partial charge in [-0.05, 0) is 19.8 Å². The van der Waals surface area contributed by atoms with Crippen LogP contribution in [0.25, 0.3) is 0 Å². The second-order valence-electron chi connectivity index (χ2n) is 3.74. The van der Waals surface area contributed by atoms with Crippen molar-refractivity contribution >= 4 is 17.9 Å². The summed E-state index contributed by atoms with van der Waals surface area (Å²) in [5.41, 5.74) is -0.862. The molecule has 0 unspecified atom stereocenters. The second-order valence-corrected chi connectivity index (χ2v) is 3.74. The summed E-state index contributed by atoms with van der Waals surface area (Å²) < 4.78 is 0. The molecule has 1 rings (SSSR count). The third-order valence-corrected chi connectivity index (χ3v) is 2.80. The largest absolute Gasteiger partial charge is 0.303 e. The lowest BCUT2D eigenvalue weighted by Gasteiger charge is -2.29. The Morgan fingerprint density at radius 2 is 1.85 bits per heavy atom. The van der Waals surface area contributed by atoms with Gasteiger partial charge in [-0.1, -0.05) is 0 Å². The molecule has 1 aliphatic rings. The van der Waals surface area contributed by atoms with Crippen molar-refractivity contribution in [3.63, 3.8) is 0 Å². The minimum atomic E-state index is -0.862. The number of ketones is 2. The molecule has 0 aliphatic heterocycles. The van der Waals surface area contributed by atoms with Crippen LogP contribution >= 0.6 is 0 Å². The Bertz CT molecular complexity index is 227. The van der Waals surface area contributed by atoms with Gasteiger partial charge < -0.3 is 4.79 Å². The van der Waals surface area contributed by atoms with Crippen molar-refractivity contribution in [1.82, 2.24) is 0 Å². The number of hydrogen-bond donors (Lipinski definition) is 0. The maximum atomic E-state index is 11.5. The molecule has 3 heteroatoms. The molecule has 3 nitrogen and oxygen atoms in total. The summed E-state index contributed by atoms with van der Waals surface area (Å²) in [4.78, 5) is 33.2. The topological polar surface area (TPSA) is 51.2 Å². The smallest absolute Gasteiger partial charge is 0.146 e. The lowest BCUT2D eigenvalue weighted by atomic mass is 9.71. The normalized spacial score (nSPS) is 21.6. The van der Waals surface area contributed by atoms with E-state index in [2.05, 4.69) is 0 Å². The first-order chi connectivity index (χ1) is 6.11. The Labute approximate surface area is 77.5 Å². The highest BCUT2D eigenvalue weighted by Crippen LogP contribution is 2.33. The van der Waals surface area contributed by atoms with Gasteiger partial charge in [0.1, 0.15) is 17.9 Å². The van der Waals surface area contributed by atoms with Crippen LogP contribution in [-0.2, 0) is 14.4 Å². The number of carbonyl (C=O) groups excluding carboxylic acids is 3. The summed E-state index contributed by atoms with van der Waals surface area (Å²) in [6, 6.07) is 0. The Morgan fingerprint density at radius 1 is 1.31 bits per heavy atom. The first-order valence-electron chi connectivity index (χ1n) is 4.61. The lowest BCUT2D eigenvalue weighted by Crippen LogP contribution is -2.39. The molecule has 1 aliphatic carbocycles. The number of rotatable bonds is 3. The Hall–Kier alpha value is -0.990. The molecular formula is C10H14O3. The predicted octanol–water partition coefficient (Wildman–Crippen LogP) is 1.29. The van der Waals surface area contributed by atoms with E-state index in [0.29, 0.717) is 32.1 Å². The van der Waals surface area contributed by atoms with E-state index in [4.69, 9.17) is 0 Å². The SMILES string of the molecule is CC1(CCC=O)C(=O)CCCC1=O. The number of hydrogen-bond acceptors (Lipinski definition) is 3. The van der Waals surface area contributed by atoms with E-state index in [-0.39, 0.29) is 11.6 Å². The Morgan fingerprint density at radius 3 is 2.31 bits per heavy atom. The van der Waals surface area contributed by atoms with Crippen molar-refractivity contribution in [1.29, 1.82) is 0 Å². The molecule has 0 N–H and O–H groups in total. The molecule has 0 radical (unpaired) electrons. The third kappa shape index (κ3) is 1.85. The number of Topliss-reactive ketones (excluding diaryl/α,β-unsaturated/α-hetero) is 2. The van der Waals surface area contributed by atoms with Gasteiger partial charge in [0.2, 0.25) is 0 Å². The highest BCUT2D eigenvalue weighted by molar-refractivity contribution is 6.08. The molecule has 0 atom stereocenters. The van der Waals surface area contributed by atoms with Crippen molar-refractivity contribution in [3.05, 3.63) is 0 Å². The summed E-state index contributed by atoms with van der Waals surface area (Å²) in [6.45, 7) is 1.67. The molecule has 72 valence electrons. The van der Waals surface area contributed by atoms with Gasteiger partial charge in [-0.15, -0.1) is 0 Å². The Balaban J connectivity index is 2.75. The molecule has 0 amide bonds. The Kier molecular flexibility index (Phi) is 2.96. The summed E-state index contributed by atoms with van der Waals surface area (Å²) in [5, 5.41) is 0. The minimum absolute atomic E-state index is 0.00519. The monoisotopic (exact) mass is 182 g/mol. The van der Waals surface area contributed by atoms with Crippen LogP contribution in [-0.4, -0.2) is 17.9 Å². The van der Waals surface area contributed by atoms with Crippen LogP contribution in [0.5, 0.6) is 0 Å². The average molecular weight is 182 g/mol. The van der Waals surface area contributed by atoms with Gasteiger partial charge in [0.25, 0.3) is 0 Å². The van der Waals surface area contributed by atoms with Crippen LogP contribution in [0.4, 0.5) is 0 Å². The van der Waals surface area contributed by atoms with Gasteiger partial charge in [0.05, 0.1) is 5.41 Å². The fraction of sp³-hybridized carbons (Fsp3) is 0.700. The summed E-state index contributed by atoms with van der Waals surface area (Å²) in [6.07, 6.45) is 3.10. The third-order valence-electron chi connectivity index (χ3n) is 2.80. The number of carbonyl (C=O) groups is 3. The molecule has 0 heterocycles. The van der Waals surface area contributed by atoms with E-state index in [1.165, 1.54) is 0 Å². The van der Waals surface area contributed by atoms with Crippen molar-refractivity contribution in [2.75, 3.05) is 0 Å². The van der Waals surface area contributed by atoms with Crippen LogP contribution < -0.4 is 0 Å². The molecule has 1 fully saturated rings. The zero-order valence-corrected chi connectivity index (χ0v) is 7.84. The van der Waals surface area contributed by atoms with E-state index in [1.54, 1.807) is 6.92 Å². The van der Waals surface area contributed by atoms with Gasteiger partial charge in [0.15, 0.2) is 0 Å². The van der Waals surface area contributed by atoms with E-state index in [0.717, 1.165) is 6.29 Å². The molecular weight excluding hydrogens is 168 g/mol. The van der Waals surface area contributed by atoms with Gasteiger partial charge in [0, 0.05) is 19.3 Å². The molecule has 0 aromatic carbocycles. The van der Waals surface area contributed by atoms with Crippen LogP contribution in [0, 0.1) is 5.41 Å².